The number of benzene rings is 1. The Balaban J connectivity index is 1.63. The molecule has 3 rings (SSSR count). The first kappa shape index (κ1) is 16.6. The highest BCUT2D eigenvalue weighted by atomic mass is 16.5. The minimum atomic E-state index is -1.01. The fraction of sp³-hybridized carbons (Fsp3) is 0.421. The minimum absolute atomic E-state index is 0.0896. The van der Waals surface area contributed by atoms with Crippen LogP contribution in [0.25, 0.3) is 0 Å². The van der Waals surface area contributed by atoms with Gasteiger partial charge in [0.15, 0.2) is 5.69 Å². The van der Waals surface area contributed by atoms with Crippen LogP contribution in [0.3, 0.4) is 0 Å². The van der Waals surface area contributed by atoms with Gasteiger partial charge in [0, 0.05) is 11.3 Å². The fourth-order valence-corrected chi connectivity index (χ4v) is 3.28. The zero-order valence-electron chi connectivity index (χ0n) is 13.8. The van der Waals surface area contributed by atoms with E-state index in [1.807, 2.05) is 18.2 Å². The minimum Gasteiger partial charge on any atom is -0.477 e. The number of aromatic carboxylic acids is 1. The predicted molar refractivity (Wildman–Crippen MR) is 90.0 cm³/mol. The summed E-state index contributed by atoms with van der Waals surface area (Å²) in [4.78, 5) is 19.3. The number of nitrogens with zero attached hydrogens (tertiary/aromatic N) is 2. The van der Waals surface area contributed by atoms with E-state index in [0.29, 0.717) is 12.0 Å². The van der Waals surface area contributed by atoms with Gasteiger partial charge in [0.25, 0.3) is 0 Å². The lowest BCUT2D eigenvalue weighted by atomic mass is 9.95. The molecule has 1 aromatic carbocycles. The first-order valence-corrected chi connectivity index (χ1v) is 8.39. The molecule has 1 aliphatic rings. The van der Waals surface area contributed by atoms with Crippen molar-refractivity contribution in [2.24, 2.45) is 0 Å². The summed E-state index contributed by atoms with van der Waals surface area (Å²) < 4.78 is 6.25. The molecule has 0 saturated carbocycles. The topological polar surface area (TPSA) is 72.3 Å². The second-order valence-electron chi connectivity index (χ2n) is 6.23. The summed E-state index contributed by atoms with van der Waals surface area (Å²) in [6.07, 6.45) is 6.47. The van der Waals surface area contributed by atoms with E-state index in [9.17, 15) is 4.79 Å². The first-order chi connectivity index (χ1) is 11.6. The molecule has 2 heterocycles. The number of aromatic nitrogens is 2. The van der Waals surface area contributed by atoms with E-state index >= 15 is 0 Å². The summed E-state index contributed by atoms with van der Waals surface area (Å²) in [5.74, 6) is -1.01. The van der Waals surface area contributed by atoms with E-state index in [1.165, 1.54) is 11.9 Å². The lowest BCUT2D eigenvalue weighted by Crippen LogP contribution is -2.23. The van der Waals surface area contributed by atoms with Crippen LogP contribution in [-0.2, 0) is 11.2 Å². The average molecular weight is 326 g/mol. The highest BCUT2D eigenvalue weighted by Gasteiger charge is 2.24. The van der Waals surface area contributed by atoms with Crippen LogP contribution in [-0.4, -0.2) is 27.1 Å². The first-order valence-electron chi connectivity index (χ1n) is 8.39. The van der Waals surface area contributed by atoms with Gasteiger partial charge >= 0.3 is 5.97 Å². The molecule has 5 heteroatoms. The van der Waals surface area contributed by atoms with Crippen molar-refractivity contribution in [1.82, 2.24) is 9.97 Å². The zero-order chi connectivity index (χ0) is 16.9. The van der Waals surface area contributed by atoms with Gasteiger partial charge in [0.05, 0.1) is 12.2 Å². The maximum Gasteiger partial charge on any atom is 0.354 e. The highest BCUT2D eigenvalue weighted by Crippen LogP contribution is 2.32. The van der Waals surface area contributed by atoms with Crippen LogP contribution in [0.2, 0.25) is 0 Å². The maximum absolute atomic E-state index is 11.2. The number of ether oxygens (including phenoxy) is 1. The van der Waals surface area contributed by atoms with Gasteiger partial charge in [-0.25, -0.2) is 14.8 Å². The van der Waals surface area contributed by atoms with E-state index in [2.05, 4.69) is 22.1 Å². The molecule has 2 atom stereocenters. The number of hydrogen-bond acceptors (Lipinski definition) is 4. The normalized spacial score (nSPS) is 20.7. The van der Waals surface area contributed by atoms with Crippen molar-refractivity contribution < 1.29 is 14.6 Å². The van der Waals surface area contributed by atoms with Crippen molar-refractivity contribution in [3.63, 3.8) is 0 Å². The standard InChI is InChI=1S/C19H22N2O3/c1-13-16(20-12-21-18(13)19(22)23)11-10-15-8-5-9-17(24-15)14-6-3-2-4-7-14/h2-4,6-7,12,15,17H,5,8-11H2,1H3,(H,22,23)/t15-,17+/m0/s1. The Morgan fingerprint density at radius 3 is 2.79 bits per heavy atom. The summed E-state index contributed by atoms with van der Waals surface area (Å²) in [5.41, 5.74) is 2.77. The Morgan fingerprint density at radius 1 is 1.25 bits per heavy atom. The van der Waals surface area contributed by atoms with Gasteiger partial charge in [0.2, 0.25) is 0 Å². The Labute approximate surface area is 141 Å². The molecule has 1 aromatic heterocycles. The average Bonchev–Trinajstić information content (AvgIpc) is 2.61. The quantitative estimate of drug-likeness (QED) is 0.906. The number of carbonyl (C=O) groups is 1. The Hall–Kier alpha value is -2.27. The smallest absolute Gasteiger partial charge is 0.354 e. The van der Waals surface area contributed by atoms with Gasteiger partial charge in [-0.05, 0) is 44.6 Å². The second kappa shape index (κ2) is 7.53. The zero-order valence-corrected chi connectivity index (χ0v) is 13.8. The van der Waals surface area contributed by atoms with E-state index in [0.717, 1.165) is 31.4 Å². The number of carboxylic acid groups (broad SMARTS) is 1. The van der Waals surface area contributed by atoms with Crippen molar-refractivity contribution >= 4 is 5.97 Å². The van der Waals surface area contributed by atoms with Gasteiger partial charge in [-0.2, -0.15) is 0 Å². The molecule has 0 aliphatic carbocycles. The number of hydrogen-bond donors (Lipinski definition) is 1. The van der Waals surface area contributed by atoms with E-state index in [-0.39, 0.29) is 17.9 Å². The molecule has 1 N–H and O–H groups in total. The summed E-state index contributed by atoms with van der Waals surface area (Å²) in [5, 5.41) is 9.15. The predicted octanol–water partition coefficient (Wildman–Crippen LogP) is 3.73. The molecule has 0 unspecified atom stereocenters. The molecule has 0 radical (unpaired) electrons. The Kier molecular flexibility index (Phi) is 5.20. The highest BCUT2D eigenvalue weighted by molar-refractivity contribution is 5.87. The van der Waals surface area contributed by atoms with Crippen LogP contribution in [0.4, 0.5) is 0 Å². The monoisotopic (exact) mass is 326 g/mol. The molecule has 2 aromatic rings. The second-order valence-corrected chi connectivity index (χ2v) is 6.23. The van der Waals surface area contributed by atoms with Gasteiger partial charge in [-0.15, -0.1) is 0 Å². The largest absolute Gasteiger partial charge is 0.477 e. The van der Waals surface area contributed by atoms with Crippen molar-refractivity contribution in [1.29, 1.82) is 0 Å². The molecule has 5 nitrogen and oxygen atoms in total. The van der Waals surface area contributed by atoms with Crippen LogP contribution >= 0.6 is 0 Å². The van der Waals surface area contributed by atoms with Crippen molar-refractivity contribution in [2.75, 3.05) is 0 Å². The van der Waals surface area contributed by atoms with Gasteiger partial charge in [-0.3, -0.25) is 0 Å². The van der Waals surface area contributed by atoms with Crippen LogP contribution in [0.1, 0.15) is 59.1 Å². The van der Waals surface area contributed by atoms with Crippen molar-refractivity contribution in [2.45, 2.75) is 51.2 Å². The van der Waals surface area contributed by atoms with E-state index in [1.54, 1.807) is 6.92 Å². The SMILES string of the molecule is Cc1c(CC[C@@H]2CCC[C@H](c3ccccc3)O2)ncnc1C(=O)O. The number of carboxylic acids is 1. The lowest BCUT2D eigenvalue weighted by molar-refractivity contribution is -0.0547. The Bertz CT molecular complexity index is 703. The van der Waals surface area contributed by atoms with Crippen molar-refractivity contribution in [3.05, 3.63) is 59.2 Å². The van der Waals surface area contributed by atoms with Crippen LogP contribution < -0.4 is 0 Å². The van der Waals surface area contributed by atoms with Crippen LogP contribution in [0, 0.1) is 6.92 Å². The molecule has 1 saturated heterocycles. The van der Waals surface area contributed by atoms with Crippen molar-refractivity contribution in [3.8, 4) is 0 Å². The molecule has 24 heavy (non-hydrogen) atoms. The third-order valence-corrected chi connectivity index (χ3v) is 4.61. The summed E-state index contributed by atoms with van der Waals surface area (Å²) >= 11 is 0. The van der Waals surface area contributed by atoms with Gasteiger partial charge < -0.3 is 9.84 Å². The molecular weight excluding hydrogens is 304 g/mol. The molecule has 0 spiro atoms. The molecule has 0 bridgehead atoms. The van der Waals surface area contributed by atoms with Gasteiger partial charge in [0.1, 0.15) is 6.33 Å². The molecule has 126 valence electrons. The molecule has 1 fully saturated rings. The van der Waals surface area contributed by atoms with E-state index in [4.69, 9.17) is 9.84 Å². The van der Waals surface area contributed by atoms with Gasteiger partial charge in [-0.1, -0.05) is 30.3 Å². The van der Waals surface area contributed by atoms with Crippen LogP contribution in [0.5, 0.6) is 0 Å². The summed E-state index contributed by atoms with van der Waals surface area (Å²) in [6.45, 7) is 1.77. The fourth-order valence-electron chi connectivity index (χ4n) is 3.28. The summed E-state index contributed by atoms with van der Waals surface area (Å²) in [7, 11) is 0. The Morgan fingerprint density at radius 2 is 2.04 bits per heavy atom. The van der Waals surface area contributed by atoms with Crippen LogP contribution in [0.15, 0.2) is 36.7 Å². The molecular formula is C19H22N2O3. The number of rotatable bonds is 5. The lowest BCUT2D eigenvalue weighted by Gasteiger charge is -2.30. The number of aryl methyl sites for hydroxylation is 1. The third-order valence-electron chi connectivity index (χ3n) is 4.61. The summed E-state index contributed by atoms with van der Waals surface area (Å²) in [6, 6.07) is 10.3. The van der Waals surface area contributed by atoms with E-state index < -0.39 is 5.97 Å². The third kappa shape index (κ3) is 3.79. The molecule has 1 aliphatic heterocycles. The molecule has 0 amide bonds. The maximum atomic E-state index is 11.2.